The molecule has 0 bridgehead atoms. The lowest BCUT2D eigenvalue weighted by Crippen LogP contribution is -2.19. The van der Waals surface area contributed by atoms with Crippen LogP contribution in [0.15, 0.2) is 84.9 Å². The number of carbonyl (C=O) groups excluding carboxylic acids is 1. The first-order valence-corrected chi connectivity index (χ1v) is 13.8. The minimum absolute atomic E-state index is 0.00400. The number of para-hydroxylation sites is 2. The molecule has 0 radical (unpaired) electrons. The van der Waals surface area contributed by atoms with E-state index in [9.17, 15) is 17.6 Å². The van der Waals surface area contributed by atoms with E-state index in [-0.39, 0.29) is 22.9 Å². The van der Waals surface area contributed by atoms with Crippen LogP contribution in [0.2, 0.25) is 0 Å². The summed E-state index contributed by atoms with van der Waals surface area (Å²) < 4.78 is 51.3. The minimum Gasteiger partial charge on any atom is -0.497 e. The number of hydrogen-bond acceptors (Lipinski definition) is 8. The van der Waals surface area contributed by atoms with E-state index in [0.29, 0.717) is 39.5 Å². The van der Waals surface area contributed by atoms with Gasteiger partial charge in [-0.1, -0.05) is 24.3 Å². The third-order valence-corrected chi connectivity index (χ3v) is 7.06. The Labute approximate surface area is 242 Å². The molecule has 0 aliphatic rings. The van der Waals surface area contributed by atoms with Crippen molar-refractivity contribution in [2.75, 3.05) is 29.2 Å². The SMILES string of the molecule is COc1cc(Nc2nc3ccccc3nc2N(c2cccc(NC(=O)c3ccc(C)c(F)c3)c2)[SH](=O)=O)cc(OC)c1. The second-order valence-corrected chi connectivity index (χ2v) is 10.0. The quantitative estimate of drug-likeness (QED) is 0.186. The Bertz CT molecular complexity index is 1850. The van der Waals surface area contributed by atoms with Crippen molar-refractivity contribution in [3.8, 4) is 11.5 Å². The third-order valence-electron chi connectivity index (χ3n) is 6.31. The summed E-state index contributed by atoms with van der Waals surface area (Å²) in [4.78, 5) is 22.1. The summed E-state index contributed by atoms with van der Waals surface area (Å²) in [7, 11) is -0.250. The smallest absolute Gasteiger partial charge is 0.255 e. The average molecular weight is 588 g/mol. The standard InChI is InChI=1S/C30H26FN5O5S/c1-18-11-12-19(13-25(18)31)30(37)33-20-7-6-8-22(14-20)36(42(38)39)29-28(34-26-9-4-5-10-27(26)35-29)32-21-15-23(40-2)17-24(16-21)41-3/h4-17,42H,1-3H3,(H,32,34)(H,33,37). The molecule has 0 aliphatic carbocycles. The summed E-state index contributed by atoms with van der Waals surface area (Å²) >= 11 is 0. The van der Waals surface area contributed by atoms with E-state index in [1.54, 1.807) is 67.6 Å². The number of benzene rings is 4. The van der Waals surface area contributed by atoms with Gasteiger partial charge in [0.25, 0.3) is 5.91 Å². The monoisotopic (exact) mass is 587 g/mol. The number of rotatable bonds is 9. The molecule has 0 atom stereocenters. The van der Waals surface area contributed by atoms with Crippen molar-refractivity contribution in [3.63, 3.8) is 0 Å². The lowest BCUT2D eigenvalue weighted by Gasteiger charge is -2.21. The average Bonchev–Trinajstić information content (AvgIpc) is 2.98. The van der Waals surface area contributed by atoms with Crippen molar-refractivity contribution >= 4 is 56.5 Å². The van der Waals surface area contributed by atoms with Gasteiger partial charge in [0, 0.05) is 35.1 Å². The number of nitrogens with zero attached hydrogens (tertiary/aromatic N) is 3. The maximum absolute atomic E-state index is 14.0. The first-order chi connectivity index (χ1) is 20.2. The fourth-order valence-corrected chi connectivity index (χ4v) is 4.79. The molecule has 42 heavy (non-hydrogen) atoms. The van der Waals surface area contributed by atoms with Crippen LogP contribution in [0.25, 0.3) is 11.0 Å². The Morgan fingerprint density at radius 2 is 1.52 bits per heavy atom. The molecular formula is C30H26FN5O5S. The lowest BCUT2D eigenvalue weighted by molar-refractivity contribution is 0.102. The largest absolute Gasteiger partial charge is 0.497 e. The summed E-state index contributed by atoms with van der Waals surface area (Å²) in [5.41, 5.74) is 2.54. The Kier molecular flexibility index (Phi) is 8.16. The molecule has 1 amide bonds. The van der Waals surface area contributed by atoms with E-state index in [0.717, 1.165) is 10.4 Å². The number of thiol groups is 1. The lowest BCUT2D eigenvalue weighted by atomic mass is 10.1. The fourth-order valence-electron chi connectivity index (χ4n) is 4.19. The van der Waals surface area contributed by atoms with Gasteiger partial charge in [0.2, 0.25) is 10.9 Å². The molecule has 1 aromatic heterocycles. The zero-order valence-corrected chi connectivity index (χ0v) is 23.7. The predicted octanol–water partition coefficient (Wildman–Crippen LogP) is 5.75. The predicted molar refractivity (Wildman–Crippen MR) is 160 cm³/mol. The molecule has 0 aliphatic heterocycles. The molecule has 5 rings (SSSR count). The van der Waals surface area contributed by atoms with Gasteiger partial charge in [-0.05, 0) is 55.0 Å². The molecule has 0 spiro atoms. The van der Waals surface area contributed by atoms with Crippen LogP contribution in [0, 0.1) is 12.7 Å². The minimum atomic E-state index is -3.29. The molecule has 0 saturated heterocycles. The van der Waals surface area contributed by atoms with Gasteiger partial charge in [0.1, 0.15) is 17.3 Å². The van der Waals surface area contributed by atoms with Crippen molar-refractivity contribution in [2.24, 2.45) is 0 Å². The van der Waals surface area contributed by atoms with Crippen LogP contribution in [0.4, 0.5) is 33.1 Å². The first-order valence-electron chi connectivity index (χ1n) is 12.6. The fraction of sp³-hybridized carbons (Fsp3) is 0.100. The molecule has 12 heteroatoms. The van der Waals surface area contributed by atoms with E-state index >= 15 is 0 Å². The summed E-state index contributed by atoms with van der Waals surface area (Å²) in [6.07, 6.45) is 0. The van der Waals surface area contributed by atoms with Crippen molar-refractivity contribution < 1.29 is 27.1 Å². The summed E-state index contributed by atoms with van der Waals surface area (Å²) in [5, 5.41) is 5.84. The Hall–Kier alpha value is -5.23. The number of amides is 1. The van der Waals surface area contributed by atoms with Crippen molar-refractivity contribution in [3.05, 3.63) is 102 Å². The van der Waals surface area contributed by atoms with Gasteiger partial charge >= 0.3 is 0 Å². The molecule has 10 nitrogen and oxygen atoms in total. The van der Waals surface area contributed by atoms with Crippen LogP contribution < -0.4 is 24.4 Å². The second-order valence-electron chi connectivity index (χ2n) is 9.13. The number of carbonyl (C=O) groups is 1. The number of aromatic nitrogens is 2. The highest BCUT2D eigenvalue weighted by molar-refractivity contribution is 7.74. The number of fused-ring (bicyclic) bond motifs is 1. The summed E-state index contributed by atoms with van der Waals surface area (Å²) in [6, 6.07) is 22.5. The van der Waals surface area contributed by atoms with E-state index in [1.165, 1.54) is 32.4 Å². The highest BCUT2D eigenvalue weighted by Gasteiger charge is 2.22. The van der Waals surface area contributed by atoms with Gasteiger partial charge in [-0.2, -0.15) is 0 Å². The Balaban J connectivity index is 1.56. The third kappa shape index (κ3) is 6.08. The summed E-state index contributed by atoms with van der Waals surface area (Å²) in [6.45, 7) is 1.60. The normalized spacial score (nSPS) is 10.9. The topological polar surface area (TPSA) is 123 Å². The zero-order valence-electron chi connectivity index (χ0n) is 22.8. The van der Waals surface area contributed by atoms with Crippen LogP contribution in [0.3, 0.4) is 0 Å². The van der Waals surface area contributed by atoms with Crippen LogP contribution >= 0.6 is 0 Å². The molecule has 4 aromatic carbocycles. The molecule has 214 valence electrons. The molecule has 0 saturated carbocycles. The van der Waals surface area contributed by atoms with Crippen LogP contribution in [0.1, 0.15) is 15.9 Å². The van der Waals surface area contributed by atoms with Crippen LogP contribution in [0.5, 0.6) is 11.5 Å². The van der Waals surface area contributed by atoms with E-state index in [1.807, 2.05) is 0 Å². The van der Waals surface area contributed by atoms with Crippen LogP contribution in [-0.2, 0) is 10.9 Å². The zero-order chi connectivity index (χ0) is 29.8. The van der Waals surface area contributed by atoms with Gasteiger partial charge < -0.3 is 20.1 Å². The maximum atomic E-state index is 14.0. The molecule has 0 fully saturated rings. The highest BCUT2D eigenvalue weighted by Crippen LogP contribution is 2.36. The number of aryl methyl sites for hydroxylation is 1. The number of nitrogens with one attached hydrogen (secondary N) is 2. The van der Waals surface area contributed by atoms with E-state index in [4.69, 9.17) is 9.47 Å². The van der Waals surface area contributed by atoms with E-state index in [2.05, 4.69) is 20.6 Å². The number of halogens is 1. The van der Waals surface area contributed by atoms with Gasteiger partial charge in [-0.3, -0.25) is 4.79 Å². The van der Waals surface area contributed by atoms with Crippen molar-refractivity contribution in [1.29, 1.82) is 0 Å². The molecule has 0 unspecified atom stereocenters. The highest BCUT2D eigenvalue weighted by atomic mass is 32.2. The van der Waals surface area contributed by atoms with Crippen LogP contribution in [-0.4, -0.2) is 38.5 Å². The van der Waals surface area contributed by atoms with Gasteiger partial charge in [0.05, 0.1) is 30.9 Å². The van der Waals surface area contributed by atoms with Crippen molar-refractivity contribution in [2.45, 2.75) is 6.92 Å². The Morgan fingerprint density at radius 1 is 0.833 bits per heavy atom. The van der Waals surface area contributed by atoms with Gasteiger partial charge in [-0.15, -0.1) is 0 Å². The molecule has 1 heterocycles. The first kappa shape index (κ1) is 28.3. The second kappa shape index (κ2) is 12.1. The Morgan fingerprint density at radius 3 is 2.17 bits per heavy atom. The van der Waals surface area contributed by atoms with E-state index < -0.39 is 22.6 Å². The molecule has 2 N–H and O–H groups in total. The number of hydrogen-bond donors (Lipinski definition) is 3. The number of anilines is 5. The molecular weight excluding hydrogens is 561 g/mol. The van der Waals surface area contributed by atoms with Gasteiger partial charge in [-0.25, -0.2) is 27.1 Å². The van der Waals surface area contributed by atoms with Gasteiger partial charge in [0.15, 0.2) is 11.6 Å². The summed E-state index contributed by atoms with van der Waals surface area (Å²) in [5.74, 6) is 0.105. The number of methoxy groups -OCH3 is 2. The van der Waals surface area contributed by atoms with Crippen molar-refractivity contribution in [1.82, 2.24) is 9.97 Å². The molecule has 5 aromatic rings. The maximum Gasteiger partial charge on any atom is 0.255 e. The number of ether oxygens (including phenoxy) is 2.